The van der Waals surface area contributed by atoms with Gasteiger partial charge in [0.15, 0.2) is 9.84 Å². The Morgan fingerprint density at radius 1 is 1.52 bits per heavy atom. The number of aromatic nitrogens is 2. The van der Waals surface area contributed by atoms with Crippen LogP contribution >= 0.6 is 11.8 Å². The monoisotopic (exact) mass is 332 g/mol. The van der Waals surface area contributed by atoms with E-state index >= 15 is 0 Å². The number of aryl methyl sites for hydroxylation is 2. The minimum Gasteiger partial charge on any atom is -0.395 e. The normalized spacial score (nSPS) is 19.8. The highest BCUT2D eigenvalue weighted by Crippen LogP contribution is 2.25. The van der Waals surface area contributed by atoms with Gasteiger partial charge in [0, 0.05) is 30.9 Å². The number of sulfone groups is 1. The molecule has 118 valence electrons. The van der Waals surface area contributed by atoms with Crippen molar-refractivity contribution in [1.29, 1.82) is 0 Å². The molecule has 9 heteroatoms. The Hall–Kier alpha value is -1.22. The Morgan fingerprint density at radius 2 is 2.19 bits per heavy atom. The number of anilines is 1. The van der Waals surface area contributed by atoms with Crippen LogP contribution in [-0.2, 0) is 16.4 Å². The number of hydrogen-bond acceptors (Lipinski definition) is 6. The highest BCUT2D eigenvalue weighted by Gasteiger charge is 2.36. The lowest BCUT2D eigenvalue weighted by molar-refractivity contribution is 0.0738. The highest BCUT2D eigenvalue weighted by molar-refractivity contribution is 8.00. The first-order chi connectivity index (χ1) is 9.77. The molecule has 1 unspecified atom stereocenters. The van der Waals surface area contributed by atoms with E-state index in [0.29, 0.717) is 30.2 Å². The number of carbonyl (C=O) groups is 1. The number of nitrogens with zero attached hydrogens (tertiary/aromatic N) is 3. The largest absolute Gasteiger partial charge is 0.395 e. The topological polar surface area (TPSA) is 98.3 Å². The summed E-state index contributed by atoms with van der Waals surface area (Å²) in [6.45, 7) is 4.50. The zero-order valence-electron chi connectivity index (χ0n) is 12.4. The molecule has 2 rings (SSSR count). The molecule has 0 saturated carbocycles. The van der Waals surface area contributed by atoms with E-state index in [2.05, 4.69) is 5.10 Å². The molecule has 2 N–H and O–H groups in total. The summed E-state index contributed by atoms with van der Waals surface area (Å²) < 4.78 is 25.4. The van der Waals surface area contributed by atoms with Gasteiger partial charge in [-0.25, -0.2) is 8.42 Å². The Balaban J connectivity index is 2.43. The fourth-order valence-electron chi connectivity index (χ4n) is 2.35. The van der Waals surface area contributed by atoms with Crippen molar-refractivity contribution in [3.63, 3.8) is 0 Å². The van der Waals surface area contributed by atoms with Crippen molar-refractivity contribution < 1.29 is 13.2 Å². The van der Waals surface area contributed by atoms with E-state index < -0.39 is 15.2 Å². The number of nitrogen functional groups attached to an aromatic ring is 1. The molecular weight excluding hydrogens is 312 g/mol. The standard InChI is InChI=1S/C12H20N4O3S2/c1-4-16-11(10(13)8(2)14-16)12(17)15-5-6-20-7-9(15)21(3,18)19/h9H,4-7,13H2,1-3H3. The Labute approximate surface area is 128 Å². The van der Waals surface area contributed by atoms with Crippen molar-refractivity contribution in [3.05, 3.63) is 11.4 Å². The van der Waals surface area contributed by atoms with Crippen molar-refractivity contribution in [1.82, 2.24) is 14.7 Å². The summed E-state index contributed by atoms with van der Waals surface area (Å²) >= 11 is 1.54. The second-order valence-corrected chi connectivity index (χ2v) is 8.37. The fraction of sp³-hybridized carbons (Fsp3) is 0.667. The molecule has 7 nitrogen and oxygen atoms in total. The lowest BCUT2D eigenvalue weighted by Gasteiger charge is -2.34. The van der Waals surface area contributed by atoms with Crippen molar-refractivity contribution >= 4 is 33.2 Å². The lowest BCUT2D eigenvalue weighted by Crippen LogP contribution is -2.50. The van der Waals surface area contributed by atoms with E-state index in [0.717, 1.165) is 12.0 Å². The predicted octanol–water partition coefficient (Wildman–Crippen LogP) is 0.353. The molecule has 0 spiro atoms. The summed E-state index contributed by atoms with van der Waals surface area (Å²) in [5.41, 5.74) is 7.15. The van der Waals surface area contributed by atoms with Crippen LogP contribution < -0.4 is 5.73 Å². The van der Waals surface area contributed by atoms with E-state index in [1.807, 2.05) is 6.92 Å². The number of rotatable bonds is 3. The van der Waals surface area contributed by atoms with Gasteiger partial charge in [-0.05, 0) is 13.8 Å². The second kappa shape index (κ2) is 5.88. The molecular formula is C12H20N4O3S2. The summed E-state index contributed by atoms with van der Waals surface area (Å²) in [5.74, 6) is 0.756. The Morgan fingerprint density at radius 3 is 2.76 bits per heavy atom. The van der Waals surface area contributed by atoms with Gasteiger partial charge in [0.2, 0.25) is 0 Å². The van der Waals surface area contributed by atoms with Crippen molar-refractivity contribution in [2.45, 2.75) is 25.8 Å². The molecule has 0 aliphatic carbocycles. The number of carbonyl (C=O) groups excluding carboxylic acids is 1. The van der Waals surface area contributed by atoms with Crippen LogP contribution in [0.1, 0.15) is 23.1 Å². The van der Waals surface area contributed by atoms with Gasteiger partial charge in [0.25, 0.3) is 5.91 Å². The lowest BCUT2D eigenvalue weighted by atomic mass is 10.2. The fourth-order valence-corrected chi connectivity index (χ4v) is 5.17. The third-order valence-corrected chi connectivity index (χ3v) is 6.16. The van der Waals surface area contributed by atoms with Gasteiger partial charge in [-0.2, -0.15) is 16.9 Å². The first-order valence-corrected chi connectivity index (χ1v) is 9.78. The number of hydrogen-bond donors (Lipinski definition) is 1. The third-order valence-electron chi connectivity index (χ3n) is 3.52. The number of thioether (sulfide) groups is 1. The van der Waals surface area contributed by atoms with Crippen molar-refractivity contribution in [3.8, 4) is 0 Å². The molecule has 0 aromatic carbocycles. The molecule has 1 aliphatic heterocycles. The molecule has 0 radical (unpaired) electrons. The van der Waals surface area contributed by atoms with Crippen LogP contribution in [0.15, 0.2) is 0 Å². The van der Waals surface area contributed by atoms with Crippen LogP contribution in [0, 0.1) is 6.92 Å². The molecule has 0 bridgehead atoms. The summed E-state index contributed by atoms with van der Waals surface area (Å²) in [5, 5.41) is 3.42. The quantitative estimate of drug-likeness (QED) is 0.858. The Bertz CT molecular complexity index is 654. The molecule has 1 atom stereocenters. The summed E-state index contributed by atoms with van der Waals surface area (Å²) in [4.78, 5) is 14.2. The van der Waals surface area contributed by atoms with Crippen molar-refractivity contribution in [2.75, 3.05) is 30.0 Å². The predicted molar refractivity (Wildman–Crippen MR) is 84.0 cm³/mol. The van der Waals surface area contributed by atoms with Crippen LogP contribution in [0.4, 0.5) is 5.69 Å². The molecule has 1 aromatic rings. The van der Waals surface area contributed by atoms with E-state index in [-0.39, 0.29) is 11.6 Å². The maximum atomic E-state index is 12.8. The minimum atomic E-state index is -3.34. The van der Waals surface area contributed by atoms with Gasteiger partial charge in [-0.15, -0.1) is 0 Å². The second-order valence-electron chi connectivity index (χ2n) is 5.02. The van der Waals surface area contributed by atoms with Crippen LogP contribution in [0.5, 0.6) is 0 Å². The third kappa shape index (κ3) is 3.03. The first kappa shape index (κ1) is 16.2. The molecule has 2 heterocycles. The van der Waals surface area contributed by atoms with Gasteiger partial charge in [-0.3, -0.25) is 9.48 Å². The van der Waals surface area contributed by atoms with E-state index in [4.69, 9.17) is 5.73 Å². The van der Waals surface area contributed by atoms with Crippen molar-refractivity contribution in [2.24, 2.45) is 0 Å². The zero-order chi connectivity index (χ0) is 15.8. The van der Waals surface area contributed by atoms with E-state index in [1.165, 1.54) is 21.3 Å². The SMILES string of the molecule is CCn1nc(C)c(N)c1C(=O)N1CCSCC1S(C)(=O)=O. The molecule has 1 aromatic heterocycles. The zero-order valence-corrected chi connectivity index (χ0v) is 14.0. The summed E-state index contributed by atoms with van der Waals surface area (Å²) in [7, 11) is -3.34. The Kier molecular flexibility index (Phi) is 4.52. The average molecular weight is 332 g/mol. The van der Waals surface area contributed by atoms with Gasteiger partial charge in [0.1, 0.15) is 11.1 Å². The molecule has 1 fully saturated rings. The van der Waals surface area contributed by atoms with E-state index in [1.54, 1.807) is 6.92 Å². The number of amides is 1. The molecule has 1 amide bonds. The van der Waals surface area contributed by atoms with Crippen LogP contribution in [0.3, 0.4) is 0 Å². The van der Waals surface area contributed by atoms with Gasteiger partial charge in [0.05, 0.1) is 11.4 Å². The molecule has 21 heavy (non-hydrogen) atoms. The first-order valence-electron chi connectivity index (χ1n) is 6.67. The van der Waals surface area contributed by atoms with Crippen LogP contribution in [0.2, 0.25) is 0 Å². The summed E-state index contributed by atoms with van der Waals surface area (Å²) in [6.07, 6.45) is 1.16. The minimum absolute atomic E-state index is 0.288. The smallest absolute Gasteiger partial charge is 0.275 e. The average Bonchev–Trinajstić information content (AvgIpc) is 2.72. The maximum Gasteiger partial charge on any atom is 0.275 e. The highest BCUT2D eigenvalue weighted by atomic mass is 32.2. The van der Waals surface area contributed by atoms with Gasteiger partial charge < -0.3 is 10.6 Å². The molecule has 1 aliphatic rings. The molecule has 1 saturated heterocycles. The summed E-state index contributed by atoms with van der Waals surface area (Å²) in [6, 6.07) is 0. The number of nitrogens with two attached hydrogens (primary N) is 1. The van der Waals surface area contributed by atoms with Crippen LogP contribution in [-0.4, -0.2) is 58.7 Å². The maximum absolute atomic E-state index is 12.8. The van der Waals surface area contributed by atoms with Gasteiger partial charge in [-0.1, -0.05) is 0 Å². The van der Waals surface area contributed by atoms with Crippen LogP contribution in [0.25, 0.3) is 0 Å². The van der Waals surface area contributed by atoms with Gasteiger partial charge >= 0.3 is 0 Å². The van der Waals surface area contributed by atoms with E-state index in [9.17, 15) is 13.2 Å².